The van der Waals surface area contributed by atoms with Crippen LogP contribution in [-0.4, -0.2) is 42.8 Å². The van der Waals surface area contributed by atoms with Gasteiger partial charge in [-0.2, -0.15) is 0 Å². The topological polar surface area (TPSA) is 78.5 Å². The Morgan fingerprint density at radius 3 is 2.46 bits per heavy atom. The fourth-order valence-electron chi connectivity index (χ4n) is 2.06. The highest BCUT2D eigenvalue weighted by Crippen LogP contribution is 2.10. The van der Waals surface area contributed by atoms with E-state index in [0.717, 1.165) is 0 Å². The lowest BCUT2D eigenvalue weighted by Gasteiger charge is -2.17. The summed E-state index contributed by atoms with van der Waals surface area (Å²) in [6.07, 6.45) is 0. The van der Waals surface area contributed by atoms with Gasteiger partial charge in [0.2, 0.25) is 11.8 Å². The molecule has 0 atom stereocenters. The van der Waals surface area contributed by atoms with Crippen molar-refractivity contribution >= 4 is 35.0 Å². The molecule has 26 heavy (non-hydrogen) atoms. The molecule has 8 heteroatoms. The zero-order valence-corrected chi connectivity index (χ0v) is 14.7. The fourth-order valence-corrected chi connectivity index (χ4v) is 2.25. The molecule has 0 aliphatic heterocycles. The number of hydrogen-bond donors (Lipinski definition) is 2. The third kappa shape index (κ3) is 5.86. The van der Waals surface area contributed by atoms with E-state index in [9.17, 15) is 18.8 Å². The van der Waals surface area contributed by atoms with Gasteiger partial charge >= 0.3 is 0 Å². The van der Waals surface area contributed by atoms with E-state index in [1.54, 1.807) is 18.2 Å². The van der Waals surface area contributed by atoms with Crippen molar-refractivity contribution in [3.63, 3.8) is 0 Å². The summed E-state index contributed by atoms with van der Waals surface area (Å²) in [5.74, 6) is -1.72. The summed E-state index contributed by atoms with van der Waals surface area (Å²) in [7, 11) is 1.44. The molecular weight excluding hydrogens is 361 g/mol. The van der Waals surface area contributed by atoms with Gasteiger partial charge in [-0.05, 0) is 42.5 Å². The fraction of sp³-hybridized carbons (Fsp3) is 0.167. The summed E-state index contributed by atoms with van der Waals surface area (Å²) >= 11 is 5.81. The second-order valence-corrected chi connectivity index (χ2v) is 5.93. The first-order chi connectivity index (χ1) is 12.3. The molecule has 0 radical (unpaired) electrons. The van der Waals surface area contributed by atoms with Crippen molar-refractivity contribution in [1.29, 1.82) is 0 Å². The second-order valence-electron chi connectivity index (χ2n) is 5.50. The van der Waals surface area contributed by atoms with Crippen molar-refractivity contribution in [2.75, 3.05) is 25.5 Å². The summed E-state index contributed by atoms with van der Waals surface area (Å²) in [4.78, 5) is 37.1. The maximum Gasteiger partial charge on any atom is 0.251 e. The van der Waals surface area contributed by atoms with E-state index >= 15 is 0 Å². The van der Waals surface area contributed by atoms with Gasteiger partial charge in [0.25, 0.3) is 5.91 Å². The molecule has 0 bridgehead atoms. The molecule has 2 rings (SSSR count). The number of nitrogens with one attached hydrogen (secondary N) is 2. The summed E-state index contributed by atoms with van der Waals surface area (Å²) in [5, 5.41) is 5.44. The number of halogens is 2. The molecule has 0 saturated heterocycles. The van der Waals surface area contributed by atoms with Crippen molar-refractivity contribution in [2.45, 2.75) is 0 Å². The van der Waals surface area contributed by atoms with Crippen LogP contribution in [0.15, 0.2) is 48.5 Å². The predicted octanol–water partition coefficient (Wildman–Crippen LogP) is 2.31. The molecule has 0 aromatic heterocycles. The van der Waals surface area contributed by atoms with Crippen LogP contribution in [0, 0.1) is 5.82 Å². The zero-order chi connectivity index (χ0) is 19.1. The van der Waals surface area contributed by atoms with Crippen LogP contribution in [0.4, 0.5) is 10.1 Å². The molecule has 0 unspecified atom stereocenters. The maximum absolute atomic E-state index is 12.8. The number of carbonyl (C=O) groups is 3. The molecule has 0 aliphatic carbocycles. The van der Waals surface area contributed by atoms with Crippen LogP contribution in [0.25, 0.3) is 0 Å². The first-order valence-corrected chi connectivity index (χ1v) is 8.06. The smallest absolute Gasteiger partial charge is 0.251 e. The van der Waals surface area contributed by atoms with E-state index in [-0.39, 0.29) is 13.1 Å². The van der Waals surface area contributed by atoms with E-state index in [2.05, 4.69) is 10.6 Å². The van der Waals surface area contributed by atoms with Crippen LogP contribution in [0.2, 0.25) is 5.02 Å². The van der Waals surface area contributed by atoms with Crippen molar-refractivity contribution in [3.05, 3.63) is 64.9 Å². The van der Waals surface area contributed by atoms with E-state index in [1.807, 2.05) is 0 Å². The number of amides is 3. The lowest BCUT2D eigenvalue weighted by molar-refractivity contribution is -0.132. The van der Waals surface area contributed by atoms with Gasteiger partial charge in [0.15, 0.2) is 0 Å². The number of nitrogens with zero attached hydrogens (tertiary/aromatic N) is 1. The Labute approximate surface area is 154 Å². The van der Waals surface area contributed by atoms with Crippen molar-refractivity contribution in [2.24, 2.45) is 0 Å². The molecule has 3 amide bonds. The highest BCUT2D eigenvalue weighted by Gasteiger charge is 2.15. The molecule has 2 N–H and O–H groups in total. The summed E-state index contributed by atoms with van der Waals surface area (Å²) in [5.41, 5.74) is 0.758. The molecule has 0 spiro atoms. The summed E-state index contributed by atoms with van der Waals surface area (Å²) < 4.78 is 12.8. The molecule has 2 aromatic rings. The molecule has 0 aliphatic rings. The van der Waals surface area contributed by atoms with E-state index in [0.29, 0.717) is 16.3 Å². The Bertz CT molecular complexity index is 812. The number of likely N-dealkylation sites (N-methyl/N-ethyl adjacent to an activating group) is 1. The van der Waals surface area contributed by atoms with Crippen LogP contribution >= 0.6 is 11.6 Å². The normalized spacial score (nSPS) is 10.1. The standard InChI is InChI=1S/C18H17ClFN3O3/c1-23(11-16(24)22-15-7-5-14(20)6-8-15)17(25)10-21-18(26)12-3-2-4-13(19)9-12/h2-9H,10-11H2,1H3,(H,21,26)(H,22,24). The predicted molar refractivity (Wildman–Crippen MR) is 96.5 cm³/mol. The Balaban J connectivity index is 1.80. The van der Waals surface area contributed by atoms with E-state index in [1.165, 1.54) is 42.3 Å². The molecule has 136 valence electrons. The van der Waals surface area contributed by atoms with Gasteiger partial charge in [0.05, 0.1) is 13.1 Å². The number of carbonyl (C=O) groups excluding carboxylic acids is 3. The molecular formula is C18H17ClFN3O3. The van der Waals surface area contributed by atoms with Gasteiger partial charge in [-0.15, -0.1) is 0 Å². The minimum Gasteiger partial charge on any atom is -0.343 e. The number of rotatable bonds is 6. The first-order valence-electron chi connectivity index (χ1n) is 7.68. The highest BCUT2D eigenvalue weighted by atomic mass is 35.5. The number of benzene rings is 2. The lowest BCUT2D eigenvalue weighted by atomic mass is 10.2. The molecule has 6 nitrogen and oxygen atoms in total. The van der Waals surface area contributed by atoms with Gasteiger partial charge < -0.3 is 15.5 Å². The van der Waals surface area contributed by atoms with Gasteiger partial charge in [-0.3, -0.25) is 14.4 Å². The van der Waals surface area contributed by atoms with Gasteiger partial charge in [-0.25, -0.2) is 4.39 Å². The van der Waals surface area contributed by atoms with Crippen LogP contribution in [0.1, 0.15) is 10.4 Å². The van der Waals surface area contributed by atoms with Crippen LogP contribution in [0.3, 0.4) is 0 Å². The number of hydrogen-bond acceptors (Lipinski definition) is 3. The highest BCUT2D eigenvalue weighted by molar-refractivity contribution is 6.31. The molecule has 0 fully saturated rings. The second kappa shape index (κ2) is 8.96. The third-order valence-corrected chi connectivity index (χ3v) is 3.66. The largest absolute Gasteiger partial charge is 0.343 e. The summed E-state index contributed by atoms with van der Waals surface area (Å²) in [6, 6.07) is 11.6. The van der Waals surface area contributed by atoms with Gasteiger partial charge in [0, 0.05) is 23.3 Å². The average molecular weight is 378 g/mol. The van der Waals surface area contributed by atoms with Gasteiger partial charge in [0.1, 0.15) is 5.82 Å². The first kappa shape index (κ1) is 19.4. The van der Waals surface area contributed by atoms with Crippen molar-refractivity contribution in [1.82, 2.24) is 10.2 Å². The lowest BCUT2D eigenvalue weighted by Crippen LogP contribution is -2.41. The molecule has 0 heterocycles. The molecule has 2 aromatic carbocycles. The minimum atomic E-state index is -0.440. The third-order valence-electron chi connectivity index (χ3n) is 3.42. The Morgan fingerprint density at radius 2 is 1.81 bits per heavy atom. The molecule has 0 saturated carbocycles. The Hall–Kier alpha value is -2.93. The van der Waals surface area contributed by atoms with Crippen molar-refractivity contribution in [3.8, 4) is 0 Å². The summed E-state index contributed by atoms with van der Waals surface area (Å²) in [6.45, 7) is -0.463. The SMILES string of the molecule is CN(CC(=O)Nc1ccc(F)cc1)C(=O)CNC(=O)c1cccc(Cl)c1. The number of anilines is 1. The van der Waals surface area contributed by atoms with Gasteiger partial charge in [-0.1, -0.05) is 17.7 Å². The average Bonchev–Trinajstić information content (AvgIpc) is 2.61. The Morgan fingerprint density at radius 1 is 1.12 bits per heavy atom. The van der Waals surface area contributed by atoms with Crippen LogP contribution in [-0.2, 0) is 9.59 Å². The van der Waals surface area contributed by atoms with E-state index in [4.69, 9.17) is 11.6 Å². The monoisotopic (exact) mass is 377 g/mol. The van der Waals surface area contributed by atoms with E-state index < -0.39 is 23.5 Å². The van der Waals surface area contributed by atoms with Crippen LogP contribution < -0.4 is 10.6 Å². The van der Waals surface area contributed by atoms with Crippen molar-refractivity contribution < 1.29 is 18.8 Å². The van der Waals surface area contributed by atoms with Crippen LogP contribution in [0.5, 0.6) is 0 Å². The maximum atomic E-state index is 12.8. The Kier molecular flexibility index (Phi) is 6.68. The quantitative estimate of drug-likeness (QED) is 0.810. The minimum absolute atomic E-state index is 0.205. The zero-order valence-electron chi connectivity index (χ0n) is 14.0.